The van der Waals surface area contributed by atoms with E-state index < -0.39 is 11.7 Å². The predicted molar refractivity (Wildman–Crippen MR) is 86.2 cm³/mol. The summed E-state index contributed by atoms with van der Waals surface area (Å²) >= 11 is 9.02. The number of ether oxygens (including phenoxy) is 2. The molecule has 2 aromatic rings. The summed E-state index contributed by atoms with van der Waals surface area (Å²) in [4.78, 5) is 11.9. The second-order valence-corrected chi connectivity index (χ2v) is 5.61. The van der Waals surface area contributed by atoms with E-state index in [0.29, 0.717) is 20.9 Å². The lowest BCUT2D eigenvalue weighted by Crippen LogP contribution is -2.20. The number of carbonyl (C=O) groups excluding carboxylic acids is 1. The van der Waals surface area contributed by atoms with E-state index in [0.717, 1.165) is 0 Å². The van der Waals surface area contributed by atoms with Gasteiger partial charge in [-0.15, -0.1) is 0 Å². The van der Waals surface area contributed by atoms with Gasteiger partial charge in [0.2, 0.25) is 0 Å². The Labute approximate surface area is 140 Å². The first-order valence-corrected chi connectivity index (χ1v) is 7.38. The molecule has 0 spiro atoms. The average Bonchev–Trinajstić information content (AvgIpc) is 2.46. The first-order valence-electron chi connectivity index (χ1n) is 6.21. The van der Waals surface area contributed by atoms with Gasteiger partial charge in [0.25, 0.3) is 5.91 Å². The van der Waals surface area contributed by atoms with Gasteiger partial charge in [-0.05, 0) is 36.4 Å². The van der Waals surface area contributed by atoms with Crippen LogP contribution < -0.4 is 14.8 Å². The number of methoxy groups -OCH3 is 1. The first-order chi connectivity index (χ1) is 10.5. The molecule has 0 aliphatic rings. The van der Waals surface area contributed by atoms with Crippen LogP contribution in [0.3, 0.4) is 0 Å². The van der Waals surface area contributed by atoms with Crippen molar-refractivity contribution in [2.75, 3.05) is 19.0 Å². The van der Waals surface area contributed by atoms with Gasteiger partial charge in [0.05, 0.1) is 12.8 Å². The summed E-state index contributed by atoms with van der Waals surface area (Å²) in [7, 11) is 1.48. The summed E-state index contributed by atoms with van der Waals surface area (Å²) in [6.07, 6.45) is 0. The summed E-state index contributed by atoms with van der Waals surface area (Å²) in [5.41, 5.74) is 0.417. The van der Waals surface area contributed by atoms with Crippen LogP contribution in [0.4, 0.5) is 10.1 Å². The van der Waals surface area contributed by atoms with Gasteiger partial charge in [0, 0.05) is 9.50 Å². The van der Waals surface area contributed by atoms with Gasteiger partial charge in [0.15, 0.2) is 18.2 Å². The third-order valence-electron chi connectivity index (χ3n) is 2.69. The molecule has 116 valence electrons. The summed E-state index contributed by atoms with van der Waals surface area (Å²) in [5.74, 6) is -0.547. The zero-order chi connectivity index (χ0) is 16.1. The molecule has 0 aromatic heterocycles. The molecular formula is C15H12BrClFNO3. The summed E-state index contributed by atoms with van der Waals surface area (Å²) < 4.78 is 24.4. The molecule has 0 fully saturated rings. The van der Waals surface area contributed by atoms with Crippen molar-refractivity contribution < 1.29 is 18.7 Å². The number of halogens is 3. The molecule has 0 bridgehead atoms. The maximum absolute atomic E-state index is 13.6. The summed E-state index contributed by atoms with van der Waals surface area (Å²) in [5, 5.41) is 3.05. The van der Waals surface area contributed by atoms with Crippen LogP contribution in [-0.4, -0.2) is 19.6 Å². The van der Waals surface area contributed by atoms with E-state index in [1.807, 2.05) is 0 Å². The van der Waals surface area contributed by atoms with Crippen LogP contribution in [0.25, 0.3) is 0 Å². The molecule has 7 heteroatoms. The van der Waals surface area contributed by atoms with Crippen molar-refractivity contribution in [3.8, 4) is 11.5 Å². The minimum atomic E-state index is -0.553. The molecule has 0 unspecified atom stereocenters. The molecule has 0 atom stereocenters. The Morgan fingerprint density at radius 3 is 2.68 bits per heavy atom. The van der Waals surface area contributed by atoms with Crippen molar-refractivity contribution >= 4 is 39.1 Å². The third kappa shape index (κ3) is 4.35. The van der Waals surface area contributed by atoms with Crippen molar-refractivity contribution in [1.82, 2.24) is 0 Å². The lowest BCUT2D eigenvalue weighted by Gasteiger charge is -2.11. The SMILES string of the molecule is COc1ccc(Cl)cc1NC(=O)COc1ccc(Br)cc1F. The highest BCUT2D eigenvalue weighted by Gasteiger charge is 2.11. The highest BCUT2D eigenvalue weighted by molar-refractivity contribution is 9.10. The molecule has 0 heterocycles. The molecule has 1 amide bonds. The van der Waals surface area contributed by atoms with E-state index in [1.165, 1.54) is 19.2 Å². The molecule has 2 rings (SSSR count). The number of nitrogens with one attached hydrogen (secondary N) is 1. The van der Waals surface area contributed by atoms with Crippen LogP contribution in [0, 0.1) is 5.82 Å². The maximum Gasteiger partial charge on any atom is 0.262 e. The Hall–Kier alpha value is -1.79. The molecule has 0 radical (unpaired) electrons. The van der Waals surface area contributed by atoms with E-state index in [4.69, 9.17) is 21.1 Å². The minimum absolute atomic E-state index is 0.00332. The van der Waals surface area contributed by atoms with Gasteiger partial charge < -0.3 is 14.8 Å². The Kier molecular flexibility index (Phi) is 5.63. The zero-order valence-corrected chi connectivity index (χ0v) is 13.9. The number of amides is 1. The van der Waals surface area contributed by atoms with Crippen LogP contribution in [0.2, 0.25) is 5.02 Å². The maximum atomic E-state index is 13.6. The lowest BCUT2D eigenvalue weighted by atomic mass is 10.3. The van der Waals surface area contributed by atoms with Crippen molar-refractivity contribution in [3.63, 3.8) is 0 Å². The molecule has 0 saturated heterocycles. The van der Waals surface area contributed by atoms with Crippen LogP contribution in [-0.2, 0) is 4.79 Å². The highest BCUT2D eigenvalue weighted by Crippen LogP contribution is 2.27. The zero-order valence-electron chi connectivity index (χ0n) is 11.5. The second-order valence-electron chi connectivity index (χ2n) is 4.26. The van der Waals surface area contributed by atoms with Crippen molar-refractivity contribution in [2.45, 2.75) is 0 Å². The number of carbonyl (C=O) groups is 1. The van der Waals surface area contributed by atoms with E-state index in [-0.39, 0.29) is 12.4 Å². The summed E-state index contributed by atoms with van der Waals surface area (Å²) in [6, 6.07) is 9.14. The first kappa shape index (κ1) is 16.6. The number of benzene rings is 2. The topological polar surface area (TPSA) is 47.6 Å². The summed E-state index contributed by atoms with van der Waals surface area (Å²) in [6.45, 7) is -0.339. The van der Waals surface area contributed by atoms with Crippen molar-refractivity contribution in [2.24, 2.45) is 0 Å². The molecule has 0 saturated carbocycles. The van der Waals surface area contributed by atoms with Gasteiger partial charge in [-0.25, -0.2) is 4.39 Å². The molecule has 0 aliphatic carbocycles. The van der Waals surface area contributed by atoms with Crippen LogP contribution in [0.1, 0.15) is 0 Å². The normalized spacial score (nSPS) is 10.2. The Balaban J connectivity index is 2.00. The van der Waals surface area contributed by atoms with Gasteiger partial charge >= 0.3 is 0 Å². The molecule has 2 aromatic carbocycles. The lowest BCUT2D eigenvalue weighted by molar-refractivity contribution is -0.118. The van der Waals surface area contributed by atoms with Crippen molar-refractivity contribution in [3.05, 3.63) is 51.7 Å². The number of hydrogen-bond acceptors (Lipinski definition) is 3. The third-order valence-corrected chi connectivity index (χ3v) is 3.42. The predicted octanol–water partition coefficient (Wildman–Crippen LogP) is 4.27. The Morgan fingerprint density at radius 2 is 2.00 bits per heavy atom. The highest BCUT2D eigenvalue weighted by atomic mass is 79.9. The molecule has 4 nitrogen and oxygen atoms in total. The minimum Gasteiger partial charge on any atom is -0.495 e. The van der Waals surface area contributed by atoms with Gasteiger partial charge in [0.1, 0.15) is 5.75 Å². The van der Waals surface area contributed by atoms with Gasteiger partial charge in [-0.2, -0.15) is 0 Å². The fourth-order valence-electron chi connectivity index (χ4n) is 1.70. The quantitative estimate of drug-likeness (QED) is 0.832. The van der Waals surface area contributed by atoms with Crippen LogP contribution in [0.5, 0.6) is 11.5 Å². The molecule has 0 aliphatic heterocycles. The fraction of sp³-hybridized carbons (Fsp3) is 0.133. The smallest absolute Gasteiger partial charge is 0.262 e. The van der Waals surface area contributed by atoms with Crippen molar-refractivity contribution in [1.29, 1.82) is 0 Å². The standard InChI is InChI=1S/C15H12BrClFNO3/c1-21-14-5-3-10(17)7-12(14)19-15(20)8-22-13-4-2-9(16)6-11(13)18/h2-7H,8H2,1H3,(H,19,20). The Bertz CT molecular complexity index is 696. The van der Waals surface area contributed by atoms with Gasteiger partial charge in [-0.1, -0.05) is 27.5 Å². The fourth-order valence-corrected chi connectivity index (χ4v) is 2.20. The Morgan fingerprint density at radius 1 is 1.27 bits per heavy atom. The van der Waals surface area contributed by atoms with Crippen LogP contribution >= 0.6 is 27.5 Å². The molecular weight excluding hydrogens is 377 g/mol. The molecule has 1 N–H and O–H groups in total. The largest absolute Gasteiger partial charge is 0.495 e. The number of hydrogen-bond donors (Lipinski definition) is 1. The van der Waals surface area contributed by atoms with E-state index in [1.54, 1.807) is 24.3 Å². The van der Waals surface area contributed by atoms with E-state index >= 15 is 0 Å². The van der Waals surface area contributed by atoms with E-state index in [9.17, 15) is 9.18 Å². The van der Waals surface area contributed by atoms with Crippen LogP contribution in [0.15, 0.2) is 40.9 Å². The second kappa shape index (κ2) is 7.47. The average molecular weight is 389 g/mol. The number of anilines is 1. The van der Waals surface area contributed by atoms with E-state index in [2.05, 4.69) is 21.2 Å². The number of rotatable bonds is 5. The monoisotopic (exact) mass is 387 g/mol. The molecule has 22 heavy (non-hydrogen) atoms. The van der Waals surface area contributed by atoms with Gasteiger partial charge in [-0.3, -0.25) is 4.79 Å².